The van der Waals surface area contributed by atoms with E-state index in [0.29, 0.717) is 24.5 Å². The van der Waals surface area contributed by atoms with Gasteiger partial charge in [-0.15, -0.1) is 0 Å². The lowest BCUT2D eigenvalue weighted by atomic mass is 10.2. The summed E-state index contributed by atoms with van der Waals surface area (Å²) in [5.41, 5.74) is 1.11. The number of H-pyrrole nitrogens is 1. The van der Waals surface area contributed by atoms with Crippen molar-refractivity contribution in [1.82, 2.24) is 19.8 Å². The molecule has 1 aromatic heterocycles. The van der Waals surface area contributed by atoms with Crippen LogP contribution < -0.4 is 5.32 Å². The zero-order valence-electron chi connectivity index (χ0n) is 13.8. The molecule has 1 fully saturated rings. The summed E-state index contributed by atoms with van der Waals surface area (Å²) in [5.74, 6) is -0.231. The predicted molar refractivity (Wildman–Crippen MR) is 90.4 cm³/mol. The molecule has 1 aliphatic heterocycles. The Bertz CT molecular complexity index is 812. The Morgan fingerprint density at radius 1 is 1.36 bits per heavy atom. The smallest absolute Gasteiger partial charge is 0.251 e. The van der Waals surface area contributed by atoms with Crippen LogP contribution in [0.4, 0.5) is 0 Å². The number of sulfonamides is 1. The van der Waals surface area contributed by atoms with Crippen molar-refractivity contribution in [1.29, 1.82) is 0 Å². The number of ether oxygens (including phenoxy) is 1. The molecule has 0 spiro atoms. The van der Waals surface area contributed by atoms with Crippen LogP contribution in [0.5, 0.6) is 0 Å². The minimum Gasteiger partial charge on any atom is -0.379 e. The maximum absolute atomic E-state index is 12.6. The molecule has 2 N–H and O–H groups in total. The van der Waals surface area contributed by atoms with Crippen molar-refractivity contribution in [2.75, 3.05) is 20.3 Å². The second kappa shape index (κ2) is 7.34. The lowest BCUT2D eigenvalue weighted by Crippen LogP contribution is -2.35. The zero-order chi connectivity index (χ0) is 17.9. The highest BCUT2D eigenvalue weighted by Crippen LogP contribution is 2.17. The monoisotopic (exact) mass is 364 g/mol. The molecule has 1 aliphatic rings. The van der Waals surface area contributed by atoms with Crippen LogP contribution in [0.1, 0.15) is 22.5 Å². The second-order valence-corrected chi connectivity index (χ2v) is 7.95. The molecule has 1 atom stereocenters. The molecule has 8 nitrogen and oxygen atoms in total. The Hall–Kier alpha value is -2.23. The van der Waals surface area contributed by atoms with Crippen molar-refractivity contribution >= 4 is 15.9 Å². The van der Waals surface area contributed by atoms with Gasteiger partial charge in [-0.3, -0.25) is 9.89 Å². The maximum atomic E-state index is 12.6. The van der Waals surface area contributed by atoms with Gasteiger partial charge in [0, 0.05) is 25.4 Å². The van der Waals surface area contributed by atoms with Crippen LogP contribution in [-0.2, 0) is 21.3 Å². The lowest BCUT2D eigenvalue weighted by molar-refractivity contribution is 0.0930. The standard InChI is InChI=1S/C16H20N4O4S/c1-20(10-13-6-8-17-19-13)25(22,23)15-4-2-12(3-5-15)16(21)18-14-7-9-24-11-14/h2-6,8,14H,7,9-11H2,1H3,(H,17,19)(H,18,21)/t14-/m1/s1. The molecule has 2 aromatic rings. The maximum Gasteiger partial charge on any atom is 0.251 e. The Kier molecular flexibility index (Phi) is 5.16. The van der Waals surface area contributed by atoms with Crippen LogP contribution in [0.2, 0.25) is 0 Å². The van der Waals surface area contributed by atoms with E-state index >= 15 is 0 Å². The van der Waals surface area contributed by atoms with Gasteiger partial charge in [-0.2, -0.15) is 9.40 Å². The Balaban J connectivity index is 1.68. The van der Waals surface area contributed by atoms with Gasteiger partial charge < -0.3 is 10.1 Å². The molecule has 3 rings (SSSR count). The number of hydrogen-bond donors (Lipinski definition) is 2. The molecule has 25 heavy (non-hydrogen) atoms. The number of amides is 1. The first kappa shape index (κ1) is 17.6. The van der Waals surface area contributed by atoms with Gasteiger partial charge in [-0.1, -0.05) is 0 Å². The first-order valence-electron chi connectivity index (χ1n) is 7.90. The third-order valence-corrected chi connectivity index (χ3v) is 5.86. The normalized spacial score (nSPS) is 17.8. The van der Waals surface area contributed by atoms with Crippen LogP contribution in [0, 0.1) is 0 Å². The summed E-state index contributed by atoms with van der Waals surface area (Å²) in [7, 11) is -2.15. The van der Waals surface area contributed by atoms with Crippen molar-refractivity contribution in [2.45, 2.75) is 23.9 Å². The fourth-order valence-electron chi connectivity index (χ4n) is 2.57. The van der Waals surface area contributed by atoms with E-state index in [9.17, 15) is 13.2 Å². The van der Waals surface area contributed by atoms with Crippen LogP contribution in [0.3, 0.4) is 0 Å². The summed E-state index contributed by atoms with van der Waals surface area (Å²) in [6.45, 7) is 1.34. The van der Waals surface area contributed by atoms with Crippen LogP contribution in [-0.4, -0.2) is 55.1 Å². The number of rotatable bonds is 6. The Morgan fingerprint density at radius 2 is 2.12 bits per heavy atom. The van der Waals surface area contributed by atoms with Crippen molar-refractivity contribution in [2.24, 2.45) is 0 Å². The molecular formula is C16H20N4O4S. The molecule has 134 valence electrons. The fraction of sp³-hybridized carbons (Fsp3) is 0.375. The van der Waals surface area contributed by atoms with Crippen LogP contribution in [0.25, 0.3) is 0 Å². The van der Waals surface area contributed by atoms with Crippen molar-refractivity contribution in [3.63, 3.8) is 0 Å². The SMILES string of the molecule is CN(Cc1ccn[nH]1)S(=O)(=O)c1ccc(C(=O)N[C@@H]2CCOC2)cc1. The molecular weight excluding hydrogens is 344 g/mol. The number of aromatic nitrogens is 2. The highest BCUT2D eigenvalue weighted by Gasteiger charge is 2.22. The average molecular weight is 364 g/mol. The first-order valence-corrected chi connectivity index (χ1v) is 9.34. The second-order valence-electron chi connectivity index (χ2n) is 5.90. The van der Waals surface area contributed by atoms with Crippen molar-refractivity contribution < 1.29 is 17.9 Å². The summed E-state index contributed by atoms with van der Waals surface area (Å²) in [4.78, 5) is 12.3. The predicted octanol–water partition coefficient (Wildman–Crippen LogP) is 0.749. The number of carbonyl (C=O) groups excluding carboxylic acids is 1. The lowest BCUT2D eigenvalue weighted by Gasteiger charge is -2.16. The molecule has 9 heteroatoms. The van der Waals surface area contributed by atoms with Gasteiger partial charge in [-0.25, -0.2) is 8.42 Å². The number of nitrogens with one attached hydrogen (secondary N) is 2. The van der Waals surface area contributed by atoms with Crippen molar-refractivity contribution in [3.8, 4) is 0 Å². The third kappa shape index (κ3) is 4.06. The molecule has 2 heterocycles. The van der Waals surface area contributed by atoms with E-state index in [0.717, 1.165) is 6.42 Å². The molecule has 0 radical (unpaired) electrons. The van der Waals surface area contributed by atoms with Gasteiger partial charge in [0.05, 0.1) is 29.8 Å². The van der Waals surface area contributed by atoms with E-state index in [1.54, 1.807) is 12.3 Å². The molecule has 1 amide bonds. The van der Waals surface area contributed by atoms with Gasteiger partial charge in [0.15, 0.2) is 0 Å². The molecule has 1 aromatic carbocycles. The highest BCUT2D eigenvalue weighted by atomic mass is 32.2. The minimum atomic E-state index is -3.65. The number of hydrogen-bond acceptors (Lipinski definition) is 5. The number of nitrogens with zero attached hydrogens (tertiary/aromatic N) is 2. The Morgan fingerprint density at radius 3 is 2.72 bits per heavy atom. The van der Waals surface area contributed by atoms with E-state index in [1.807, 2.05) is 0 Å². The molecule has 0 bridgehead atoms. The van der Waals surface area contributed by atoms with Crippen molar-refractivity contribution in [3.05, 3.63) is 47.8 Å². The van der Waals surface area contributed by atoms with E-state index < -0.39 is 10.0 Å². The molecule has 0 aliphatic carbocycles. The van der Waals surface area contributed by atoms with Crippen LogP contribution >= 0.6 is 0 Å². The van der Waals surface area contributed by atoms with E-state index in [2.05, 4.69) is 15.5 Å². The van der Waals surface area contributed by atoms with E-state index in [-0.39, 0.29) is 23.4 Å². The van der Waals surface area contributed by atoms with Gasteiger partial charge in [0.25, 0.3) is 5.91 Å². The zero-order valence-corrected chi connectivity index (χ0v) is 14.6. The summed E-state index contributed by atoms with van der Waals surface area (Å²) < 4.78 is 31.6. The van der Waals surface area contributed by atoms with E-state index in [1.165, 1.54) is 35.6 Å². The highest BCUT2D eigenvalue weighted by molar-refractivity contribution is 7.89. The van der Waals surface area contributed by atoms with Gasteiger partial charge in [0.1, 0.15) is 0 Å². The largest absolute Gasteiger partial charge is 0.379 e. The quantitative estimate of drug-likeness (QED) is 0.787. The number of aromatic amines is 1. The summed E-state index contributed by atoms with van der Waals surface area (Å²) in [5, 5.41) is 9.40. The average Bonchev–Trinajstić information content (AvgIpc) is 3.29. The molecule has 0 unspecified atom stereocenters. The van der Waals surface area contributed by atoms with E-state index in [4.69, 9.17) is 4.74 Å². The van der Waals surface area contributed by atoms with Gasteiger partial charge >= 0.3 is 0 Å². The number of carbonyl (C=O) groups is 1. The minimum absolute atomic E-state index is 0.0106. The summed E-state index contributed by atoms with van der Waals surface area (Å²) in [6, 6.07) is 7.64. The third-order valence-electron chi connectivity index (χ3n) is 4.04. The molecule has 0 saturated carbocycles. The molecule has 1 saturated heterocycles. The number of benzene rings is 1. The van der Waals surface area contributed by atoms with Gasteiger partial charge in [0.2, 0.25) is 10.0 Å². The first-order chi connectivity index (χ1) is 12.0. The summed E-state index contributed by atoms with van der Waals surface area (Å²) in [6.07, 6.45) is 2.36. The van der Waals surface area contributed by atoms with Crippen LogP contribution in [0.15, 0.2) is 41.4 Å². The Labute approximate surface area is 146 Å². The van der Waals surface area contributed by atoms with Gasteiger partial charge in [-0.05, 0) is 36.8 Å². The fourth-order valence-corrected chi connectivity index (χ4v) is 3.72. The summed E-state index contributed by atoms with van der Waals surface area (Å²) >= 11 is 0. The topological polar surface area (TPSA) is 104 Å².